The maximum absolute atomic E-state index is 13.0. The van der Waals surface area contributed by atoms with Gasteiger partial charge in [0.05, 0.1) is 5.92 Å². The molecule has 7 nitrogen and oxygen atoms in total. The van der Waals surface area contributed by atoms with Gasteiger partial charge in [-0.25, -0.2) is 4.79 Å². The van der Waals surface area contributed by atoms with E-state index >= 15 is 0 Å². The molecular weight excluding hydrogens is 434 g/mol. The molecular formula is C24H20ClNO6. The average Bonchev–Trinajstić information content (AvgIpc) is 2.79. The summed E-state index contributed by atoms with van der Waals surface area (Å²) in [7, 11) is 0. The Morgan fingerprint density at radius 2 is 1.94 bits per heavy atom. The Bertz CT molecular complexity index is 1270. The predicted molar refractivity (Wildman–Crippen MR) is 119 cm³/mol. The molecule has 1 aliphatic rings. The van der Waals surface area contributed by atoms with Crippen LogP contribution in [0.2, 0.25) is 5.02 Å². The van der Waals surface area contributed by atoms with Gasteiger partial charge >= 0.3 is 11.6 Å². The van der Waals surface area contributed by atoms with E-state index in [-0.39, 0.29) is 12.1 Å². The summed E-state index contributed by atoms with van der Waals surface area (Å²) in [6.45, 7) is 0.462. The number of carbonyl (C=O) groups is 3. The summed E-state index contributed by atoms with van der Waals surface area (Å²) in [4.78, 5) is 49.8. The first-order valence-electron chi connectivity index (χ1n) is 10.2. The van der Waals surface area contributed by atoms with E-state index < -0.39 is 29.3 Å². The fourth-order valence-corrected chi connectivity index (χ4v) is 4.37. The van der Waals surface area contributed by atoms with Crippen LogP contribution in [0.4, 0.5) is 0 Å². The van der Waals surface area contributed by atoms with Crippen molar-refractivity contribution in [2.24, 2.45) is 5.92 Å². The number of carboxylic acid groups (broad SMARTS) is 1. The van der Waals surface area contributed by atoms with Crippen LogP contribution in [0.25, 0.3) is 22.1 Å². The van der Waals surface area contributed by atoms with Crippen molar-refractivity contribution < 1.29 is 23.9 Å². The molecule has 1 N–H and O–H groups in total. The molecule has 3 aromatic rings. The Kier molecular flexibility index (Phi) is 6.10. The molecule has 1 saturated heterocycles. The number of nitrogens with zero attached hydrogens (tertiary/aromatic N) is 1. The molecule has 2 aromatic carbocycles. The summed E-state index contributed by atoms with van der Waals surface area (Å²) in [5.74, 6) is -3.19. The van der Waals surface area contributed by atoms with E-state index in [1.807, 2.05) is 0 Å². The monoisotopic (exact) mass is 453 g/mol. The maximum atomic E-state index is 13.0. The van der Waals surface area contributed by atoms with E-state index in [2.05, 4.69) is 0 Å². The van der Waals surface area contributed by atoms with Crippen LogP contribution in [0.3, 0.4) is 0 Å². The molecule has 0 radical (unpaired) electrons. The van der Waals surface area contributed by atoms with Crippen molar-refractivity contribution in [3.05, 3.63) is 69.5 Å². The van der Waals surface area contributed by atoms with Crippen molar-refractivity contribution in [1.82, 2.24) is 4.90 Å². The molecule has 0 aliphatic carbocycles. The molecule has 1 fully saturated rings. The van der Waals surface area contributed by atoms with Crippen LogP contribution in [-0.4, -0.2) is 41.3 Å². The lowest BCUT2D eigenvalue weighted by Gasteiger charge is -2.32. The lowest BCUT2D eigenvalue weighted by molar-refractivity contribution is -0.146. The molecule has 0 bridgehead atoms. The Morgan fingerprint density at radius 1 is 1.16 bits per heavy atom. The highest BCUT2D eigenvalue weighted by Crippen LogP contribution is 2.34. The molecule has 8 heteroatoms. The normalized spacial score (nSPS) is 17.2. The van der Waals surface area contributed by atoms with Crippen LogP contribution in [0.5, 0.6) is 0 Å². The maximum Gasteiger partial charge on any atom is 0.336 e. The molecule has 1 aromatic heterocycles. The molecule has 2 atom stereocenters. The highest BCUT2D eigenvalue weighted by molar-refractivity contribution is 6.33. The minimum absolute atomic E-state index is 0.0673. The SMILES string of the molecule is O=CC(C(=O)N1CCCC(C(=O)O)C1)c1ccc2c(-c3ccccc3Cl)cc(=O)oc2c1. The zero-order valence-electron chi connectivity index (χ0n) is 17.0. The van der Waals surface area contributed by atoms with Gasteiger partial charge < -0.3 is 19.2 Å². The second-order valence-corrected chi connectivity index (χ2v) is 8.20. The molecule has 2 unspecified atom stereocenters. The molecule has 1 amide bonds. The summed E-state index contributed by atoms with van der Waals surface area (Å²) in [5.41, 5.74) is 1.26. The van der Waals surface area contributed by atoms with Gasteiger partial charge in [-0.05, 0) is 30.5 Å². The number of amides is 1. The third kappa shape index (κ3) is 4.16. The fraction of sp³-hybridized carbons (Fsp3) is 0.250. The number of likely N-dealkylation sites (tertiary alicyclic amines) is 1. The van der Waals surface area contributed by atoms with E-state index in [0.29, 0.717) is 52.8 Å². The second kappa shape index (κ2) is 8.96. The first-order chi connectivity index (χ1) is 15.4. The quantitative estimate of drug-likeness (QED) is 0.358. The molecule has 164 valence electrons. The second-order valence-electron chi connectivity index (χ2n) is 7.79. The lowest BCUT2D eigenvalue weighted by atomic mass is 9.93. The van der Waals surface area contributed by atoms with E-state index in [1.165, 1.54) is 17.0 Å². The van der Waals surface area contributed by atoms with Gasteiger partial charge in [-0.3, -0.25) is 9.59 Å². The van der Waals surface area contributed by atoms with Gasteiger partial charge in [-0.2, -0.15) is 0 Å². The highest BCUT2D eigenvalue weighted by atomic mass is 35.5. The van der Waals surface area contributed by atoms with Crippen molar-refractivity contribution in [2.45, 2.75) is 18.8 Å². The van der Waals surface area contributed by atoms with Crippen molar-refractivity contribution in [3.8, 4) is 11.1 Å². The number of aliphatic carboxylic acids is 1. The Labute approximate surface area is 188 Å². The van der Waals surface area contributed by atoms with Crippen LogP contribution in [0.1, 0.15) is 24.3 Å². The van der Waals surface area contributed by atoms with Crippen LogP contribution in [-0.2, 0) is 14.4 Å². The van der Waals surface area contributed by atoms with E-state index in [9.17, 15) is 24.3 Å². The first-order valence-corrected chi connectivity index (χ1v) is 10.6. The third-order valence-electron chi connectivity index (χ3n) is 5.78. The zero-order chi connectivity index (χ0) is 22.8. The van der Waals surface area contributed by atoms with Crippen molar-refractivity contribution in [3.63, 3.8) is 0 Å². The number of benzene rings is 2. The predicted octanol–water partition coefficient (Wildman–Crippen LogP) is 3.72. The molecule has 0 spiro atoms. The number of piperidine rings is 1. The van der Waals surface area contributed by atoms with Gasteiger partial charge in [0.25, 0.3) is 0 Å². The summed E-state index contributed by atoms with van der Waals surface area (Å²) >= 11 is 6.31. The standard InChI is InChI=1S/C24H20ClNO6/c25-20-6-2-1-5-16(20)18-11-22(28)32-21-10-14(7-8-17(18)21)19(13-27)23(29)26-9-3-4-15(12-26)24(30)31/h1-2,5-8,10-11,13,15,19H,3-4,9,12H2,(H,30,31). The van der Waals surface area contributed by atoms with E-state index in [4.69, 9.17) is 16.0 Å². The highest BCUT2D eigenvalue weighted by Gasteiger charge is 2.32. The number of carboxylic acids is 1. The zero-order valence-corrected chi connectivity index (χ0v) is 17.7. The third-order valence-corrected chi connectivity index (χ3v) is 6.11. The topological polar surface area (TPSA) is 105 Å². The summed E-state index contributed by atoms with van der Waals surface area (Å²) < 4.78 is 5.36. The van der Waals surface area contributed by atoms with E-state index in [1.54, 1.807) is 36.4 Å². The number of hydrogen-bond acceptors (Lipinski definition) is 5. The molecule has 2 heterocycles. The Hall–Kier alpha value is -3.45. The number of carbonyl (C=O) groups excluding carboxylic acids is 2. The molecule has 0 saturated carbocycles. The summed E-state index contributed by atoms with van der Waals surface area (Å²) in [5, 5.41) is 10.4. The summed E-state index contributed by atoms with van der Waals surface area (Å²) in [6, 6.07) is 13.3. The van der Waals surface area contributed by atoms with Crippen molar-refractivity contribution >= 4 is 40.7 Å². The minimum Gasteiger partial charge on any atom is -0.481 e. The minimum atomic E-state index is -1.12. The van der Waals surface area contributed by atoms with E-state index in [0.717, 1.165) is 0 Å². The van der Waals surface area contributed by atoms with Gasteiger partial charge in [0.1, 0.15) is 17.8 Å². The van der Waals surface area contributed by atoms with Crippen LogP contribution < -0.4 is 5.63 Å². The van der Waals surface area contributed by atoms with Crippen molar-refractivity contribution in [2.75, 3.05) is 13.1 Å². The van der Waals surface area contributed by atoms with Gasteiger partial charge in [0.15, 0.2) is 0 Å². The van der Waals surface area contributed by atoms with Crippen LogP contribution in [0.15, 0.2) is 57.7 Å². The number of fused-ring (bicyclic) bond motifs is 1. The van der Waals surface area contributed by atoms with Crippen LogP contribution in [0, 0.1) is 5.92 Å². The number of halogens is 1. The van der Waals surface area contributed by atoms with Gasteiger partial charge in [-0.15, -0.1) is 0 Å². The van der Waals surface area contributed by atoms with Crippen LogP contribution >= 0.6 is 11.6 Å². The largest absolute Gasteiger partial charge is 0.481 e. The van der Waals surface area contributed by atoms with Gasteiger partial charge in [0, 0.05) is 40.7 Å². The number of aldehydes is 1. The Morgan fingerprint density at radius 3 is 2.66 bits per heavy atom. The first kappa shape index (κ1) is 21.8. The smallest absolute Gasteiger partial charge is 0.336 e. The number of hydrogen-bond donors (Lipinski definition) is 1. The van der Waals surface area contributed by atoms with Crippen molar-refractivity contribution in [1.29, 1.82) is 0 Å². The Balaban J connectivity index is 1.72. The molecule has 4 rings (SSSR count). The van der Waals surface area contributed by atoms with Gasteiger partial charge in [0.2, 0.25) is 5.91 Å². The average molecular weight is 454 g/mol. The van der Waals surface area contributed by atoms with Gasteiger partial charge in [-0.1, -0.05) is 41.9 Å². The number of rotatable bonds is 5. The fourth-order valence-electron chi connectivity index (χ4n) is 4.13. The molecule has 32 heavy (non-hydrogen) atoms. The molecule has 1 aliphatic heterocycles. The lowest BCUT2D eigenvalue weighted by Crippen LogP contribution is -2.44. The summed E-state index contributed by atoms with van der Waals surface area (Å²) in [6.07, 6.45) is 1.59.